The molecule has 0 heterocycles. The first-order chi connectivity index (χ1) is 9.54. The van der Waals surface area contributed by atoms with E-state index < -0.39 is 10.0 Å². The Morgan fingerprint density at radius 2 is 1.60 bits per heavy atom. The molecule has 0 bridgehead atoms. The van der Waals surface area contributed by atoms with Crippen molar-refractivity contribution in [3.8, 4) is 0 Å². The highest BCUT2D eigenvalue weighted by Gasteiger charge is 2.18. The number of anilines is 2. The third-order valence-corrected chi connectivity index (χ3v) is 4.78. The zero-order valence-electron chi connectivity index (χ0n) is 10.9. The first-order valence-electron chi connectivity index (χ1n) is 6.15. The Labute approximate surface area is 127 Å². The van der Waals surface area contributed by atoms with E-state index in [1.807, 2.05) is 13.0 Å². The van der Waals surface area contributed by atoms with Crippen LogP contribution >= 0.6 is 15.9 Å². The standard InChI is InChI=1S/C14H15BrN2O2S/c1-2-16-13-9-5-6-10-14(13)20(18,19)17-12-8-4-3-7-11(12)15/h3-10,16-17H,2H2,1H3. The van der Waals surface area contributed by atoms with Gasteiger partial charge >= 0.3 is 0 Å². The quantitative estimate of drug-likeness (QED) is 0.860. The van der Waals surface area contributed by atoms with Crippen LogP contribution in [0.2, 0.25) is 0 Å². The highest BCUT2D eigenvalue weighted by Crippen LogP contribution is 2.27. The van der Waals surface area contributed by atoms with Crippen LogP contribution in [0.3, 0.4) is 0 Å². The van der Waals surface area contributed by atoms with Gasteiger partial charge in [0.15, 0.2) is 0 Å². The van der Waals surface area contributed by atoms with Crippen molar-refractivity contribution in [3.05, 3.63) is 53.0 Å². The Hall–Kier alpha value is -1.53. The topological polar surface area (TPSA) is 58.2 Å². The van der Waals surface area contributed by atoms with Crippen LogP contribution in [0.1, 0.15) is 6.92 Å². The fourth-order valence-electron chi connectivity index (χ4n) is 1.78. The maximum absolute atomic E-state index is 12.5. The molecule has 0 aliphatic carbocycles. The predicted molar refractivity (Wildman–Crippen MR) is 85.6 cm³/mol. The largest absolute Gasteiger partial charge is 0.384 e. The van der Waals surface area contributed by atoms with Gasteiger partial charge in [0.2, 0.25) is 0 Å². The summed E-state index contributed by atoms with van der Waals surface area (Å²) < 4.78 is 28.2. The van der Waals surface area contributed by atoms with E-state index in [4.69, 9.17) is 0 Å². The number of nitrogens with one attached hydrogen (secondary N) is 2. The molecular weight excluding hydrogens is 340 g/mol. The van der Waals surface area contributed by atoms with Crippen molar-refractivity contribution < 1.29 is 8.42 Å². The van der Waals surface area contributed by atoms with Crippen molar-refractivity contribution in [1.29, 1.82) is 0 Å². The highest BCUT2D eigenvalue weighted by molar-refractivity contribution is 9.10. The summed E-state index contributed by atoms with van der Waals surface area (Å²) >= 11 is 3.33. The Bertz CT molecular complexity index is 702. The van der Waals surface area contributed by atoms with Crippen LogP contribution in [-0.4, -0.2) is 15.0 Å². The number of para-hydroxylation sites is 2. The van der Waals surface area contributed by atoms with Crippen LogP contribution in [0.4, 0.5) is 11.4 Å². The Morgan fingerprint density at radius 3 is 2.25 bits per heavy atom. The Kier molecular flexibility index (Phi) is 4.67. The second-order valence-electron chi connectivity index (χ2n) is 4.11. The molecular formula is C14H15BrN2O2S. The minimum absolute atomic E-state index is 0.234. The summed E-state index contributed by atoms with van der Waals surface area (Å²) in [5, 5.41) is 3.05. The van der Waals surface area contributed by atoms with Gasteiger partial charge in [-0.15, -0.1) is 0 Å². The van der Waals surface area contributed by atoms with Crippen molar-refractivity contribution in [2.45, 2.75) is 11.8 Å². The smallest absolute Gasteiger partial charge is 0.263 e. The summed E-state index contributed by atoms with van der Waals surface area (Å²) in [7, 11) is -3.63. The molecule has 0 atom stereocenters. The van der Waals surface area contributed by atoms with Crippen molar-refractivity contribution in [1.82, 2.24) is 0 Å². The van der Waals surface area contributed by atoms with Gasteiger partial charge in [0.05, 0.1) is 11.4 Å². The first-order valence-corrected chi connectivity index (χ1v) is 8.42. The van der Waals surface area contributed by atoms with Crippen LogP contribution in [0, 0.1) is 0 Å². The summed E-state index contributed by atoms with van der Waals surface area (Å²) in [4.78, 5) is 0.234. The van der Waals surface area contributed by atoms with E-state index in [0.29, 0.717) is 22.4 Å². The summed E-state index contributed by atoms with van der Waals surface area (Å²) in [5.41, 5.74) is 1.10. The molecule has 2 rings (SSSR count). The second kappa shape index (κ2) is 6.28. The fourth-order valence-corrected chi connectivity index (χ4v) is 3.56. The van der Waals surface area contributed by atoms with Gasteiger partial charge in [-0.3, -0.25) is 4.72 Å². The average molecular weight is 355 g/mol. The number of sulfonamides is 1. The summed E-state index contributed by atoms with van der Waals surface area (Å²) in [5.74, 6) is 0. The number of hydrogen-bond acceptors (Lipinski definition) is 3. The molecule has 0 spiro atoms. The molecule has 2 aromatic rings. The van der Waals surface area contributed by atoms with Gasteiger partial charge in [0, 0.05) is 11.0 Å². The maximum Gasteiger partial charge on any atom is 0.263 e. The van der Waals surface area contributed by atoms with Gasteiger partial charge in [-0.25, -0.2) is 8.42 Å². The van der Waals surface area contributed by atoms with E-state index in [1.54, 1.807) is 42.5 Å². The zero-order valence-corrected chi connectivity index (χ0v) is 13.3. The van der Waals surface area contributed by atoms with Crippen LogP contribution in [0.5, 0.6) is 0 Å². The van der Waals surface area contributed by atoms with Gasteiger partial charge in [-0.05, 0) is 47.1 Å². The second-order valence-corrected chi connectivity index (χ2v) is 6.62. The third-order valence-electron chi connectivity index (χ3n) is 2.66. The van der Waals surface area contributed by atoms with Crippen molar-refractivity contribution in [2.24, 2.45) is 0 Å². The Balaban J connectivity index is 2.39. The summed E-state index contributed by atoms with van der Waals surface area (Å²) in [6.45, 7) is 2.58. The van der Waals surface area contributed by atoms with Gasteiger partial charge in [0.25, 0.3) is 10.0 Å². The Morgan fingerprint density at radius 1 is 1.00 bits per heavy atom. The van der Waals surface area contributed by atoms with Gasteiger partial charge in [0.1, 0.15) is 4.90 Å². The number of hydrogen-bond donors (Lipinski definition) is 2. The lowest BCUT2D eigenvalue weighted by Crippen LogP contribution is -2.15. The van der Waals surface area contributed by atoms with Crippen molar-refractivity contribution in [2.75, 3.05) is 16.6 Å². The van der Waals surface area contributed by atoms with Crippen LogP contribution in [0.25, 0.3) is 0 Å². The molecule has 20 heavy (non-hydrogen) atoms. The van der Waals surface area contributed by atoms with E-state index in [0.717, 1.165) is 0 Å². The number of benzene rings is 2. The minimum atomic E-state index is -3.63. The molecule has 2 aromatic carbocycles. The van der Waals surface area contributed by atoms with E-state index in [2.05, 4.69) is 26.0 Å². The predicted octanol–water partition coefficient (Wildman–Crippen LogP) is 3.68. The maximum atomic E-state index is 12.5. The first kappa shape index (κ1) is 14.9. The molecule has 0 unspecified atom stereocenters. The molecule has 2 N–H and O–H groups in total. The van der Waals surface area contributed by atoms with Crippen molar-refractivity contribution >= 4 is 37.3 Å². The fraction of sp³-hybridized carbons (Fsp3) is 0.143. The molecule has 0 amide bonds. The SMILES string of the molecule is CCNc1ccccc1S(=O)(=O)Nc1ccccc1Br. The van der Waals surface area contributed by atoms with E-state index in [9.17, 15) is 8.42 Å². The van der Waals surface area contributed by atoms with E-state index >= 15 is 0 Å². The van der Waals surface area contributed by atoms with E-state index in [1.165, 1.54) is 0 Å². The van der Waals surface area contributed by atoms with Gasteiger partial charge in [-0.2, -0.15) is 0 Å². The van der Waals surface area contributed by atoms with E-state index in [-0.39, 0.29) is 4.90 Å². The normalized spacial score (nSPS) is 11.1. The average Bonchev–Trinajstić information content (AvgIpc) is 2.42. The molecule has 6 heteroatoms. The lowest BCUT2D eigenvalue weighted by atomic mass is 10.3. The number of rotatable bonds is 5. The van der Waals surface area contributed by atoms with Crippen molar-refractivity contribution in [3.63, 3.8) is 0 Å². The molecule has 4 nitrogen and oxygen atoms in total. The third kappa shape index (κ3) is 3.32. The lowest BCUT2D eigenvalue weighted by Gasteiger charge is -2.13. The molecule has 0 radical (unpaired) electrons. The summed E-state index contributed by atoms with van der Waals surface area (Å²) in [6, 6.07) is 13.9. The lowest BCUT2D eigenvalue weighted by molar-refractivity contribution is 0.601. The molecule has 0 saturated heterocycles. The molecule has 0 aliphatic heterocycles. The van der Waals surface area contributed by atoms with Crippen LogP contribution < -0.4 is 10.0 Å². The minimum Gasteiger partial charge on any atom is -0.384 e. The molecule has 0 aliphatic rings. The van der Waals surface area contributed by atoms with Gasteiger partial charge < -0.3 is 5.32 Å². The molecule has 106 valence electrons. The molecule has 0 fully saturated rings. The number of halogens is 1. The van der Waals surface area contributed by atoms with Gasteiger partial charge in [-0.1, -0.05) is 24.3 Å². The molecule has 0 saturated carbocycles. The highest BCUT2D eigenvalue weighted by atomic mass is 79.9. The monoisotopic (exact) mass is 354 g/mol. The van der Waals surface area contributed by atoms with Crippen LogP contribution in [-0.2, 0) is 10.0 Å². The molecule has 0 aromatic heterocycles. The summed E-state index contributed by atoms with van der Waals surface area (Å²) in [6.07, 6.45) is 0. The zero-order chi connectivity index (χ0) is 14.6. The van der Waals surface area contributed by atoms with Crippen LogP contribution in [0.15, 0.2) is 57.9 Å².